The van der Waals surface area contributed by atoms with Crippen molar-refractivity contribution in [3.8, 4) is 0 Å². The Morgan fingerprint density at radius 1 is 0.667 bits per heavy atom. The topological polar surface area (TPSA) is 25.0 Å². The van der Waals surface area contributed by atoms with E-state index in [-0.39, 0.29) is 0 Å². The Kier molecular flexibility index (Phi) is 12.1. The smallest absolute Gasteiger partial charge is 0.0115 e. The molecule has 1 saturated heterocycles. The summed E-state index contributed by atoms with van der Waals surface area (Å²) in [6.45, 7) is 30.3. The van der Waals surface area contributed by atoms with Gasteiger partial charge >= 0.3 is 0 Å². The fourth-order valence-corrected chi connectivity index (χ4v) is 4.00. The van der Waals surface area contributed by atoms with Gasteiger partial charge in [0, 0.05) is 89.6 Å². The van der Waals surface area contributed by atoms with Gasteiger partial charge in [-0.15, -0.1) is 0 Å². The Balaban J connectivity index is 2.31. The number of rotatable bonds is 13. The van der Waals surface area contributed by atoms with Gasteiger partial charge in [0.15, 0.2) is 0 Å². The van der Waals surface area contributed by atoms with Crippen molar-refractivity contribution in [2.24, 2.45) is 0 Å². The quantitative estimate of drug-likeness (QED) is 0.527. The van der Waals surface area contributed by atoms with Gasteiger partial charge < -0.3 is 5.32 Å². The Morgan fingerprint density at radius 3 is 1.63 bits per heavy atom. The number of nitrogens with zero attached hydrogens (tertiary/aromatic N) is 4. The van der Waals surface area contributed by atoms with Gasteiger partial charge in [-0.3, -0.25) is 19.6 Å². The van der Waals surface area contributed by atoms with Gasteiger partial charge in [-0.25, -0.2) is 0 Å². The van der Waals surface area contributed by atoms with Crippen molar-refractivity contribution in [3.63, 3.8) is 0 Å². The maximum atomic E-state index is 3.53. The van der Waals surface area contributed by atoms with E-state index in [1.165, 1.54) is 58.9 Å². The third-order valence-corrected chi connectivity index (χ3v) is 5.85. The summed E-state index contributed by atoms with van der Waals surface area (Å²) >= 11 is 0. The van der Waals surface area contributed by atoms with Gasteiger partial charge in [0.25, 0.3) is 0 Å². The molecular formula is C22H49N5. The van der Waals surface area contributed by atoms with E-state index in [1.54, 1.807) is 0 Å². The minimum absolute atomic E-state index is 0.593. The van der Waals surface area contributed by atoms with Crippen molar-refractivity contribution >= 4 is 0 Å². The molecular weight excluding hydrogens is 334 g/mol. The van der Waals surface area contributed by atoms with Crippen molar-refractivity contribution in [2.45, 2.75) is 79.6 Å². The molecule has 0 amide bonds. The molecule has 1 fully saturated rings. The molecule has 0 bridgehead atoms. The zero-order valence-corrected chi connectivity index (χ0v) is 19.7. The van der Waals surface area contributed by atoms with E-state index in [2.05, 4.69) is 80.3 Å². The van der Waals surface area contributed by atoms with Crippen LogP contribution in [0.4, 0.5) is 0 Å². The summed E-state index contributed by atoms with van der Waals surface area (Å²) in [5.74, 6) is 0. The van der Waals surface area contributed by atoms with Crippen LogP contribution in [0.1, 0.15) is 55.4 Å². The van der Waals surface area contributed by atoms with Crippen LogP contribution in [0.25, 0.3) is 0 Å². The maximum Gasteiger partial charge on any atom is 0.0115 e. The minimum Gasteiger partial charge on any atom is -0.313 e. The standard InChI is InChI=1S/C22H49N5/c1-19(2)23-9-10-24-11-13-25(14-12-24)15-16-26(20(3)4)17-18-27(21(5)6)22(7)8/h19-23H,9-18H2,1-8H3. The largest absolute Gasteiger partial charge is 0.313 e. The first kappa shape index (κ1) is 24.8. The highest BCUT2D eigenvalue weighted by atomic mass is 15.3. The van der Waals surface area contributed by atoms with E-state index in [1.807, 2.05) is 0 Å². The van der Waals surface area contributed by atoms with E-state index in [4.69, 9.17) is 0 Å². The highest BCUT2D eigenvalue weighted by Gasteiger charge is 2.19. The van der Waals surface area contributed by atoms with Gasteiger partial charge in [0.2, 0.25) is 0 Å². The second kappa shape index (κ2) is 13.1. The fraction of sp³-hybridized carbons (Fsp3) is 1.00. The molecule has 0 aromatic heterocycles. The lowest BCUT2D eigenvalue weighted by atomic mass is 10.2. The van der Waals surface area contributed by atoms with Crippen LogP contribution in [0.3, 0.4) is 0 Å². The highest BCUT2D eigenvalue weighted by Crippen LogP contribution is 2.08. The lowest BCUT2D eigenvalue weighted by Crippen LogP contribution is -2.51. The third kappa shape index (κ3) is 10.2. The van der Waals surface area contributed by atoms with Crippen LogP contribution >= 0.6 is 0 Å². The molecule has 5 nitrogen and oxygen atoms in total. The summed E-state index contributed by atoms with van der Waals surface area (Å²) < 4.78 is 0. The van der Waals surface area contributed by atoms with Gasteiger partial charge in [-0.2, -0.15) is 0 Å². The van der Waals surface area contributed by atoms with E-state index in [0.29, 0.717) is 24.2 Å². The van der Waals surface area contributed by atoms with Crippen LogP contribution in [0.5, 0.6) is 0 Å². The fourth-order valence-electron chi connectivity index (χ4n) is 4.00. The number of nitrogens with one attached hydrogen (secondary N) is 1. The number of piperazine rings is 1. The molecule has 1 N–H and O–H groups in total. The SMILES string of the molecule is CC(C)NCCN1CCN(CCN(CCN(C(C)C)C(C)C)C(C)C)CC1. The molecule has 0 saturated carbocycles. The Hall–Kier alpha value is -0.200. The van der Waals surface area contributed by atoms with Crippen molar-refractivity contribution < 1.29 is 0 Å². The van der Waals surface area contributed by atoms with Gasteiger partial charge in [0.05, 0.1) is 0 Å². The van der Waals surface area contributed by atoms with E-state index in [9.17, 15) is 0 Å². The summed E-state index contributed by atoms with van der Waals surface area (Å²) in [5, 5.41) is 3.53. The zero-order valence-electron chi connectivity index (χ0n) is 19.7. The lowest BCUT2D eigenvalue weighted by Gasteiger charge is -2.38. The van der Waals surface area contributed by atoms with E-state index < -0.39 is 0 Å². The second-order valence-corrected chi connectivity index (χ2v) is 9.35. The van der Waals surface area contributed by atoms with Crippen LogP contribution in [0.15, 0.2) is 0 Å². The molecule has 0 unspecified atom stereocenters. The lowest BCUT2D eigenvalue weighted by molar-refractivity contribution is 0.0971. The normalized spacial score (nSPS) is 17.6. The molecule has 0 spiro atoms. The molecule has 0 atom stereocenters. The van der Waals surface area contributed by atoms with Crippen molar-refractivity contribution in [1.82, 2.24) is 24.9 Å². The van der Waals surface area contributed by atoms with E-state index in [0.717, 1.165) is 6.54 Å². The summed E-state index contributed by atoms with van der Waals surface area (Å²) in [5.41, 5.74) is 0. The minimum atomic E-state index is 0.593. The predicted octanol–water partition coefficient (Wildman–Crippen LogP) is 2.43. The van der Waals surface area contributed by atoms with Crippen LogP contribution < -0.4 is 5.32 Å². The highest BCUT2D eigenvalue weighted by molar-refractivity contribution is 4.76. The summed E-state index contributed by atoms with van der Waals surface area (Å²) in [6.07, 6.45) is 0. The average molecular weight is 384 g/mol. The van der Waals surface area contributed by atoms with E-state index >= 15 is 0 Å². The molecule has 1 aliphatic rings. The third-order valence-electron chi connectivity index (χ3n) is 5.85. The zero-order chi connectivity index (χ0) is 20.4. The summed E-state index contributed by atoms with van der Waals surface area (Å²) in [4.78, 5) is 10.5. The summed E-state index contributed by atoms with van der Waals surface area (Å²) in [7, 11) is 0. The first-order valence-corrected chi connectivity index (χ1v) is 11.4. The first-order valence-electron chi connectivity index (χ1n) is 11.4. The van der Waals surface area contributed by atoms with Gasteiger partial charge in [-0.1, -0.05) is 13.8 Å². The second-order valence-electron chi connectivity index (χ2n) is 9.35. The predicted molar refractivity (Wildman–Crippen MR) is 120 cm³/mol. The molecule has 0 aliphatic carbocycles. The van der Waals surface area contributed by atoms with Crippen LogP contribution in [-0.2, 0) is 0 Å². The Morgan fingerprint density at radius 2 is 1.19 bits per heavy atom. The molecule has 0 aromatic carbocycles. The molecule has 27 heavy (non-hydrogen) atoms. The maximum absolute atomic E-state index is 3.53. The average Bonchev–Trinajstić information content (AvgIpc) is 2.57. The first-order chi connectivity index (χ1) is 12.7. The molecule has 0 radical (unpaired) electrons. The number of hydrogen-bond acceptors (Lipinski definition) is 5. The van der Waals surface area contributed by atoms with Gasteiger partial charge in [-0.05, 0) is 41.5 Å². The van der Waals surface area contributed by atoms with Crippen molar-refractivity contribution in [1.29, 1.82) is 0 Å². The molecule has 0 aromatic rings. The molecule has 1 rings (SSSR count). The Labute approximate surface area is 170 Å². The van der Waals surface area contributed by atoms with Crippen molar-refractivity contribution in [3.05, 3.63) is 0 Å². The van der Waals surface area contributed by atoms with Crippen LogP contribution in [-0.4, -0.2) is 109 Å². The van der Waals surface area contributed by atoms with Gasteiger partial charge in [0.1, 0.15) is 0 Å². The van der Waals surface area contributed by atoms with Crippen LogP contribution in [0.2, 0.25) is 0 Å². The molecule has 162 valence electrons. The molecule has 1 aliphatic heterocycles. The number of hydrogen-bond donors (Lipinski definition) is 1. The molecule has 5 heteroatoms. The Bertz CT molecular complexity index is 354. The summed E-state index contributed by atoms with van der Waals surface area (Å²) in [6, 6.07) is 2.46. The molecule has 1 heterocycles. The van der Waals surface area contributed by atoms with Crippen molar-refractivity contribution in [2.75, 3.05) is 65.4 Å². The monoisotopic (exact) mass is 383 g/mol. The van der Waals surface area contributed by atoms with Crippen LogP contribution in [0, 0.1) is 0 Å².